The van der Waals surface area contributed by atoms with E-state index in [0.717, 1.165) is 6.61 Å². The number of nitrogens with one attached hydrogen (secondary N) is 1. The first-order chi connectivity index (χ1) is 7.55. The second-order valence-corrected chi connectivity index (χ2v) is 6.46. The molecular weight excluding hydrogens is 198 g/mol. The van der Waals surface area contributed by atoms with E-state index < -0.39 is 0 Å². The molecule has 2 heteroatoms. The van der Waals surface area contributed by atoms with Crippen LogP contribution in [0.25, 0.3) is 0 Å². The lowest BCUT2D eigenvalue weighted by Gasteiger charge is -2.49. The van der Waals surface area contributed by atoms with E-state index in [1.807, 2.05) is 0 Å². The van der Waals surface area contributed by atoms with Crippen LogP contribution < -0.4 is 5.32 Å². The first-order valence-corrected chi connectivity index (χ1v) is 6.97. The Morgan fingerprint density at radius 1 is 1.31 bits per heavy atom. The second-order valence-electron chi connectivity index (χ2n) is 6.46. The highest BCUT2D eigenvalue weighted by Crippen LogP contribution is 2.43. The molecule has 0 radical (unpaired) electrons. The van der Waals surface area contributed by atoms with Crippen molar-refractivity contribution in [3.63, 3.8) is 0 Å². The van der Waals surface area contributed by atoms with E-state index >= 15 is 0 Å². The molecule has 0 aromatic carbocycles. The smallest absolute Gasteiger partial charge is 0.119 e. The first-order valence-electron chi connectivity index (χ1n) is 6.97. The van der Waals surface area contributed by atoms with E-state index in [4.69, 9.17) is 4.74 Å². The predicted octanol–water partition coefficient (Wildman–Crippen LogP) is 3.46. The Hall–Kier alpha value is -0.0800. The van der Waals surface area contributed by atoms with E-state index in [-0.39, 0.29) is 5.72 Å². The lowest BCUT2D eigenvalue weighted by molar-refractivity contribution is -0.152. The monoisotopic (exact) mass is 225 g/mol. The Balaban J connectivity index is 2.00. The molecule has 0 bridgehead atoms. The highest BCUT2D eigenvalue weighted by Gasteiger charge is 2.43. The van der Waals surface area contributed by atoms with Gasteiger partial charge in [0.05, 0.1) is 6.61 Å². The van der Waals surface area contributed by atoms with Crippen LogP contribution in [0.15, 0.2) is 0 Å². The van der Waals surface area contributed by atoms with Gasteiger partial charge in [0.15, 0.2) is 0 Å². The summed E-state index contributed by atoms with van der Waals surface area (Å²) in [4.78, 5) is 0. The van der Waals surface area contributed by atoms with Crippen molar-refractivity contribution in [3.05, 3.63) is 0 Å². The van der Waals surface area contributed by atoms with Crippen LogP contribution in [0.4, 0.5) is 0 Å². The van der Waals surface area contributed by atoms with Gasteiger partial charge in [-0.1, -0.05) is 27.2 Å². The molecular formula is C14H27NO. The third-order valence-electron chi connectivity index (χ3n) is 4.15. The van der Waals surface area contributed by atoms with Crippen molar-refractivity contribution in [2.45, 2.75) is 77.5 Å². The van der Waals surface area contributed by atoms with E-state index in [1.54, 1.807) is 0 Å². The average molecular weight is 225 g/mol. The highest BCUT2D eigenvalue weighted by molar-refractivity contribution is 4.94. The Morgan fingerprint density at radius 2 is 2.12 bits per heavy atom. The summed E-state index contributed by atoms with van der Waals surface area (Å²) in [6.07, 6.45) is 8.80. The van der Waals surface area contributed by atoms with Crippen LogP contribution in [0.5, 0.6) is 0 Å². The van der Waals surface area contributed by atoms with E-state index in [9.17, 15) is 0 Å². The van der Waals surface area contributed by atoms with Crippen molar-refractivity contribution in [2.24, 2.45) is 5.41 Å². The maximum atomic E-state index is 6.11. The van der Waals surface area contributed by atoms with Crippen LogP contribution >= 0.6 is 0 Å². The molecule has 0 amide bonds. The fourth-order valence-electron chi connectivity index (χ4n) is 3.50. The highest BCUT2D eigenvalue weighted by atomic mass is 16.5. The number of hydrogen-bond donors (Lipinski definition) is 1. The van der Waals surface area contributed by atoms with Gasteiger partial charge >= 0.3 is 0 Å². The van der Waals surface area contributed by atoms with Crippen molar-refractivity contribution in [1.82, 2.24) is 5.32 Å². The summed E-state index contributed by atoms with van der Waals surface area (Å²) < 4.78 is 6.11. The molecule has 1 heterocycles. The maximum Gasteiger partial charge on any atom is 0.119 e. The number of ether oxygens (including phenoxy) is 1. The molecule has 2 unspecified atom stereocenters. The van der Waals surface area contributed by atoms with Gasteiger partial charge in [0.25, 0.3) is 0 Å². The van der Waals surface area contributed by atoms with Crippen molar-refractivity contribution in [3.8, 4) is 0 Å². The molecule has 1 aliphatic heterocycles. The summed E-state index contributed by atoms with van der Waals surface area (Å²) in [6, 6.07) is 0.688. The topological polar surface area (TPSA) is 21.3 Å². The molecule has 2 fully saturated rings. The Morgan fingerprint density at radius 3 is 2.81 bits per heavy atom. The zero-order valence-electron chi connectivity index (χ0n) is 11.1. The fraction of sp³-hybridized carbons (Fsp3) is 1.00. The zero-order valence-corrected chi connectivity index (χ0v) is 11.1. The molecule has 94 valence electrons. The van der Waals surface area contributed by atoms with Gasteiger partial charge in [0.1, 0.15) is 5.72 Å². The summed E-state index contributed by atoms with van der Waals surface area (Å²) in [5.41, 5.74) is 0.458. The molecule has 1 spiro atoms. The zero-order chi connectivity index (χ0) is 11.6. The fourth-order valence-corrected chi connectivity index (χ4v) is 3.50. The molecule has 0 aromatic heterocycles. The molecule has 16 heavy (non-hydrogen) atoms. The summed E-state index contributed by atoms with van der Waals surface area (Å²) >= 11 is 0. The predicted molar refractivity (Wildman–Crippen MR) is 67.4 cm³/mol. The average Bonchev–Trinajstić information content (AvgIpc) is 2.16. The van der Waals surface area contributed by atoms with Crippen molar-refractivity contribution in [1.29, 1.82) is 0 Å². The van der Waals surface area contributed by atoms with Crippen LogP contribution in [0.1, 0.15) is 65.7 Å². The van der Waals surface area contributed by atoms with E-state index in [1.165, 1.54) is 44.9 Å². The number of hydrogen-bond acceptors (Lipinski definition) is 2. The van der Waals surface area contributed by atoms with E-state index in [2.05, 4.69) is 26.1 Å². The van der Waals surface area contributed by atoms with Gasteiger partial charge in [-0.25, -0.2) is 0 Å². The second kappa shape index (κ2) is 4.66. The molecule has 1 saturated carbocycles. The molecule has 2 atom stereocenters. The van der Waals surface area contributed by atoms with Gasteiger partial charge in [0.2, 0.25) is 0 Å². The summed E-state index contributed by atoms with van der Waals surface area (Å²) in [6.45, 7) is 7.98. The third kappa shape index (κ3) is 2.78. The molecule has 1 N–H and O–H groups in total. The Bertz CT molecular complexity index is 233. The standard InChI is InChI=1S/C14H27NO/c1-4-6-12-7-10-16-14(15-12)9-5-8-13(2,3)11-14/h12,15H,4-11H2,1-3H3. The summed E-state index contributed by atoms with van der Waals surface area (Å²) in [7, 11) is 0. The largest absolute Gasteiger partial charge is 0.361 e. The van der Waals surface area contributed by atoms with Crippen LogP contribution in [-0.2, 0) is 4.74 Å². The lowest BCUT2D eigenvalue weighted by atomic mass is 9.72. The van der Waals surface area contributed by atoms with Crippen molar-refractivity contribution < 1.29 is 4.74 Å². The van der Waals surface area contributed by atoms with Crippen LogP contribution in [0, 0.1) is 5.41 Å². The van der Waals surface area contributed by atoms with Crippen LogP contribution in [0.2, 0.25) is 0 Å². The molecule has 2 aliphatic rings. The lowest BCUT2D eigenvalue weighted by Crippen LogP contribution is -2.59. The minimum atomic E-state index is 0.0137. The third-order valence-corrected chi connectivity index (χ3v) is 4.15. The Kier molecular flexibility index (Phi) is 3.60. The SMILES string of the molecule is CCCC1CCOC2(CCCC(C)(C)C2)N1. The first kappa shape index (κ1) is 12.4. The minimum Gasteiger partial charge on any atom is -0.361 e. The summed E-state index contributed by atoms with van der Waals surface area (Å²) in [5.74, 6) is 0. The quantitative estimate of drug-likeness (QED) is 0.777. The summed E-state index contributed by atoms with van der Waals surface area (Å²) in [5, 5.41) is 3.80. The molecule has 0 aromatic rings. The van der Waals surface area contributed by atoms with Gasteiger partial charge < -0.3 is 4.74 Å². The van der Waals surface area contributed by atoms with Crippen molar-refractivity contribution >= 4 is 0 Å². The number of rotatable bonds is 2. The van der Waals surface area contributed by atoms with Gasteiger partial charge in [-0.2, -0.15) is 0 Å². The van der Waals surface area contributed by atoms with Gasteiger partial charge in [-0.15, -0.1) is 0 Å². The van der Waals surface area contributed by atoms with Gasteiger partial charge in [-0.3, -0.25) is 5.32 Å². The minimum absolute atomic E-state index is 0.0137. The molecule has 2 nitrogen and oxygen atoms in total. The van der Waals surface area contributed by atoms with E-state index in [0.29, 0.717) is 11.5 Å². The van der Waals surface area contributed by atoms with Crippen LogP contribution in [-0.4, -0.2) is 18.4 Å². The molecule has 1 saturated heterocycles. The molecule has 2 rings (SSSR count). The van der Waals surface area contributed by atoms with Crippen molar-refractivity contribution in [2.75, 3.05) is 6.61 Å². The van der Waals surface area contributed by atoms with Crippen LogP contribution in [0.3, 0.4) is 0 Å². The Labute approximate surface area is 100 Å². The van der Waals surface area contributed by atoms with Gasteiger partial charge in [0, 0.05) is 6.04 Å². The normalized spacial score (nSPS) is 38.8. The van der Waals surface area contributed by atoms with Gasteiger partial charge in [-0.05, 0) is 43.9 Å². The maximum absolute atomic E-state index is 6.11. The molecule has 1 aliphatic carbocycles.